The van der Waals surface area contributed by atoms with E-state index in [1.165, 1.54) is 6.07 Å². The first-order chi connectivity index (χ1) is 9.06. The third-order valence-corrected chi connectivity index (χ3v) is 3.53. The molecule has 1 aromatic carbocycles. The summed E-state index contributed by atoms with van der Waals surface area (Å²) in [4.78, 5) is 0. The van der Waals surface area contributed by atoms with Crippen LogP contribution in [0.4, 0.5) is 13.2 Å². The summed E-state index contributed by atoms with van der Waals surface area (Å²) in [7, 11) is 0. The topological polar surface area (TPSA) is 12.0 Å². The van der Waals surface area contributed by atoms with Gasteiger partial charge in [0.2, 0.25) is 0 Å². The molecule has 1 rings (SSSR count). The van der Waals surface area contributed by atoms with Gasteiger partial charge in [-0.1, -0.05) is 39.7 Å². The van der Waals surface area contributed by atoms with Gasteiger partial charge in [-0.25, -0.2) is 13.2 Å². The van der Waals surface area contributed by atoms with Crippen LogP contribution in [0, 0.1) is 23.4 Å². The van der Waals surface area contributed by atoms with Gasteiger partial charge in [0.25, 0.3) is 0 Å². The summed E-state index contributed by atoms with van der Waals surface area (Å²) >= 11 is 0. The van der Waals surface area contributed by atoms with Gasteiger partial charge in [0.15, 0.2) is 17.5 Å². The van der Waals surface area contributed by atoms with Crippen molar-refractivity contribution in [1.29, 1.82) is 0 Å². The van der Waals surface area contributed by atoms with Crippen molar-refractivity contribution in [2.75, 3.05) is 6.54 Å². The van der Waals surface area contributed by atoms with Crippen LogP contribution in [0.15, 0.2) is 12.1 Å². The van der Waals surface area contributed by atoms with Gasteiger partial charge < -0.3 is 5.32 Å². The molecule has 0 saturated carbocycles. The van der Waals surface area contributed by atoms with E-state index in [2.05, 4.69) is 5.32 Å². The zero-order chi connectivity index (χ0) is 14.4. The van der Waals surface area contributed by atoms with Gasteiger partial charge in [-0.3, -0.25) is 0 Å². The molecule has 0 aromatic heterocycles. The molecule has 4 heteroatoms. The summed E-state index contributed by atoms with van der Waals surface area (Å²) in [6.07, 6.45) is 2.62. The first-order valence-electron chi connectivity index (χ1n) is 6.93. The van der Waals surface area contributed by atoms with Gasteiger partial charge in [0.05, 0.1) is 0 Å². The van der Waals surface area contributed by atoms with E-state index < -0.39 is 17.5 Å². The SMILES string of the molecule is CCCNC(c1ccc(F)c(F)c1F)C(CC)CC. The van der Waals surface area contributed by atoms with E-state index in [9.17, 15) is 13.2 Å². The zero-order valence-electron chi connectivity index (χ0n) is 11.8. The highest BCUT2D eigenvalue weighted by atomic mass is 19.2. The van der Waals surface area contributed by atoms with E-state index in [4.69, 9.17) is 0 Å². The minimum atomic E-state index is -1.38. The van der Waals surface area contributed by atoms with Crippen LogP contribution in [-0.2, 0) is 0 Å². The van der Waals surface area contributed by atoms with Crippen molar-refractivity contribution in [3.8, 4) is 0 Å². The Morgan fingerprint density at radius 2 is 1.63 bits per heavy atom. The van der Waals surface area contributed by atoms with Gasteiger partial charge in [0.1, 0.15) is 0 Å². The predicted molar refractivity (Wildman–Crippen MR) is 71.4 cm³/mol. The fourth-order valence-corrected chi connectivity index (χ4v) is 2.37. The smallest absolute Gasteiger partial charge is 0.194 e. The van der Waals surface area contributed by atoms with Crippen molar-refractivity contribution in [1.82, 2.24) is 5.32 Å². The molecule has 1 aromatic rings. The maximum Gasteiger partial charge on any atom is 0.194 e. The van der Waals surface area contributed by atoms with Crippen molar-refractivity contribution in [3.05, 3.63) is 35.1 Å². The molecule has 1 nitrogen and oxygen atoms in total. The summed E-state index contributed by atoms with van der Waals surface area (Å²) in [5, 5.41) is 3.25. The molecule has 0 aliphatic rings. The highest BCUT2D eigenvalue weighted by Gasteiger charge is 2.25. The van der Waals surface area contributed by atoms with Crippen molar-refractivity contribution in [2.45, 2.75) is 46.1 Å². The molecular formula is C15H22F3N. The minimum Gasteiger partial charge on any atom is -0.310 e. The van der Waals surface area contributed by atoms with Gasteiger partial charge in [-0.15, -0.1) is 0 Å². The van der Waals surface area contributed by atoms with Gasteiger partial charge in [-0.05, 0) is 24.9 Å². The van der Waals surface area contributed by atoms with E-state index in [0.29, 0.717) is 0 Å². The molecule has 1 atom stereocenters. The fourth-order valence-electron chi connectivity index (χ4n) is 2.37. The third kappa shape index (κ3) is 3.72. The quantitative estimate of drug-likeness (QED) is 0.717. The van der Waals surface area contributed by atoms with Crippen LogP contribution in [-0.4, -0.2) is 6.54 Å². The first kappa shape index (κ1) is 16.0. The monoisotopic (exact) mass is 273 g/mol. The number of rotatable bonds is 7. The number of nitrogens with one attached hydrogen (secondary N) is 1. The molecule has 1 N–H and O–H groups in total. The molecule has 0 aliphatic carbocycles. The lowest BCUT2D eigenvalue weighted by Gasteiger charge is -2.27. The lowest BCUT2D eigenvalue weighted by molar-refractivity contribution is 0.325. The van der Waals surface area contributed by atoms with E-state index in [1.54, 1.807) is 0 Å². The standard InChI is InChI=1S/C15H22F3N/c1-4-9-19-15(10(5-2)6-3)11-7-8-12(16)14(18)13(11)17/h7-8,10,15,19H,4-6,9H2,1-3H3. The summed E-state index contributed by atoms with van der Waals surface area (Å²) in [6, 6.07) is 2.07. The third-order valence-electron chi connectivity index (χ3n) is 3.53. The molecule has 0 spiro atoms. The maximum atomic E-state index is 13.9. The number of benzene rings is 1. The molecule has 108 valence electrons. The van der Waals surface area contributed by atoms with Crippen LogP contribution in [0.3, 0.4) is 0 Å². The molecule has 0 saturated heterocycles. The minimum absolute atomic E-state index is 0.200. The molecule has 19 heavy (non-hydrogen) atoms. The number of hydrogen-bond acceptors (Lipinski definition) is 1. The largest absolute Gasteiger partial charge is 0.310 e. The predicted octanol–water partition coefficient (Wildman–Crippen LogP) is 4.58. The van der Waals surface area contributed by atoms with Crippen LogP contribution < -0.4 is 5.32 Å². The second-order valence-electron chi connectivity index (χ2n) is 4.77. The second kappa shape index (κ2) is 7.53. The van der Waals surface area contributed by atoms with Crippen molar-refractivity contribution in [3.63, 3.8) is 0 Å². The summed E-state index contributed by atoms with van der Waals surface area (Å²) in [6.45, 7) is 6.78. The first-order valence-corrected chi connectivity index (χ1v) is 6.93. The van der Waals surface area contributed by atoms with Crippen LogP contribution in [0.1, 0.15) is 51.6 Å². The summed E-state index contributed by atoms with van der Waals surface area (Å²) in [5.74, 6) is -3.39. The van der Waals surface area contributed by atoms with E-state index >= 15 is 0 Å². The summed E-state index contributed by atoms with van der Waals surface area (Å²) < 4.78 is 40.3. The lowest BCUT2D eigenvalue weighted by Crippen LogP contribution is -2.29. The Bertz CT molecular complexity index is 403. The Labute approximate surface area is 113 Å². The Morgan fingerprint density at radius 3 is 2.16 bits per heavy atom. The molecular weight excluding hydrogens is 251 g/mol. The van der Waals surface area contributed by atoms with Crippen LogP contribution in [0.25, 0.3) is 0 Å². The highest BCUT2D eigenvalue weighted by Crippen LogP contribution is 2.30. The van der Waals surface area contributed by atoms with E-state index in [-0.39, 0.29) is 17.5 Å². The molecule has 0 radical (unpaired) electrons. The Morgan fingerprint density at radius 1 is 1.00 bits per heavy atom. The molecule has 0 bridgehead atoms. The van der Waals surface area contributed by atoms with Crippen LogP contribution in [0.2, 0.25) is 0 Å². The fraction of sp³-hybridized carbons (Fsp3) is 0.600. The molecule has 0 aliphatic heterocycles. The number of hydrogen-bond donors (Lipinski definition) is 1. The van der Waals surface area contributed by atoms with E-state index in [0.717, 1.165) is 31.9 Å². The normalized spacial score (nSPS) is 13.0. The molecule has 0 heterocycles. The van der Waals surface area contributed by atoms with Gasteiger partial charge in [0, 0.05) is 11.6 Å². The molecule has 0 amide bonds. The average molecular weight is 273 g/mol. The lowest BCUT2D eigenvalue weighted by atomic mass is 9.88. The van der Waals surface area contributed by atoms with E-state index in [1.807, 2.05) is 20.8 Å². The van der Waals surface area contributed by atoms with Crippen molar-refractivity contribution < 1.29 is 13.2 Å². The number of halogens is 3. The Hall–Kier alpha value is -1.03. The van der Waals surface area contributed by atoms with Crippen LogP contribution >= 0.6 is 0 Å². The van der Waals surface area contributed by atoms with Crippen LogP contribution in [0.5, 0.6) is 0 Å². The zero-order valence-corrected chi connectivity index (χ0v) is 11.8. The summed E-state index contributed by atoms with van der Waals surface area (Å²) in [5.41, 5.74) is 0.223. The Kier molecular flexibility index (Phi) is 6.35. The highest BCUT2D eigenvalue weighted by molar-refractivity contribution is 5.24. The van der Waals surface area contributed by atoms with Gasteiger partial charge >= 0.3 is 0 Å². The Balaban J connectivity index is 3.13. The molecule has 1 unspecified atom stereocenters. The maximum absolute atomic E-state index is 13.9. The second-order valence-corrected chi connectivity index (χ2v) is 4.77. The van der Waals surface area contributed by atoms with Crippen molar-refractivity contribution in [2.24, 2.45) is 5.92 Å². The van der Waals surface area contributed by atoms with Crippen molar-refractivity contribution >= 4 is 0 Å². The molecule has 0 fully saturated rings. The van der Waals surface area contributed by atoms with Gasteiger partial charge in [-0.2, -0.15) is 0 Å². The average Bonchev–Trinajstić information content (AvgIpc) is 2.42.